The van der Waals surface area contributed by atoms with Gasteiger partial charge in [-0.25, -0.2) is 4.79 Å². The lowest BCUT2D eigenvalue weighted by Crippen LogP contribution is -1.98. The highest BCUT2D eigenvalue weighted by atomic mass is 16.4. The lowest BCUT2D eigenvalue weighted by atomic mass is 10.2. The van der Waals surface area contributed by atoms with Crippen molar-refractivity contribution in [2.24, 2.45) is 0 Å². The second kappa shape index (κ2) is 3.84. The summed E-state index contributed by atoms with van der Waals surface area (Å²) in [6, 6.07) is 1.72. The van der Waals surface area contributed by atoms with Gasteiger partial charge < -0.3 is 9.52 Å². The fourth-order valence-electron chi connectivity index (χ4n) is 1.55. The Kier molecular flexibility index (Phi) is 2.52. The molecule has 0 amide bonds. The maximum atomic E-state index is 10.8. The van der Waals surface area contributed by atoms with Gasteiger partial charge in [-0.05, 0) is 25.5 Å². The molecule has 0 unspecified atom stereocenters. The van der Waals surface area contributed by atoms with Crippen LogP contribution >= 0.6 is 0 Å². The summed E-state index contributed by atoms with van der Waals surface area (Å²) in [6.45, 7) is 4.10. The van der Waals surface area contributed by atoms with Gasteiger partial charge in [-0.2, -0.15) is 5.10 Å². The molecule has 5 heteroatoms. The maximum Gasteiger partial charge on any atom is 0.372 e. The van der Waals surface area contributed by atoms with Crippen molar-refractivity contribution in [3.05, 3.63) is 41.1 Å². The van der Waals surface area contributed by atoms with Gasteiger partial charge in [-0.15, -0.1) is 0 Å². The van der Waals surface area contributed by atoms with E-state index in [1.54, 1.807) is 23.9 Å². The van der Waals surface area contributed by atoms with Crippen molar-refractivity contribution < 1.29 is 14.3 Å². The Balaban J connectivity index is 2.22. The molecule has 2 aromatic heterocycles. The minimum atomic E-state index is -1.04. The van der Waals surface area contributed by atoms with Gasteiger partial charge in [0.05, 0.1) is 12.7 Å². The molecule has 2 heterocycles. The summed E-state index contributed by atoms with van der Waals surface area (Å²) in [6.07, 6.45) is 3.62. The first-order valence-electron chi connectivity index (χ1n) is 4.88. The van der Waals surface area contributed by atoms with Crippen molar-refractivity contribution in [2.45, 2.75) is 20.4 Å². The Morgan fingerprint density at radius 1 is 1.56 bits per heavy atom. The van der Waals surface area contributed by atoms with Crippen LogP contribution in [0.3, 0.4) is 0 Å². The third-order valence-electron chi connectivity index (χ3n) is 2.24. The van der Waals surface area contributed by atoms with Gasteiger partial charge in [-0.3, -0.25) is 4.68 Å². The number of hydrogen-bond donors (Lipinski definition) is 1. The number of aromatic carboxylic acids is 1. The van der Waals surface area contributed by atoms with Crippen LogP contribution in [0.2, 0.25) is 0 Å². The van der Waals surface area contributed by atoms with Crippen molar-refractivity contribution in [3.63, 3.8) is 0 Å². The minimum absolute atomic E-state index is 0.00104. The number of nitrogens with zero attached hydrogens (tertiary/aromatic N) is 2. The molecule has 0 saturated carbocycles. The van der Waals surface area contributed by atoms with Crippen LogP contribution in [-0.2, 0) is 6.54 Å². The van der Waals surface area contributed by atoms with Crippen LogP contribution < -0.4 is 0 Å². The highest BCUT2D eigenvalue weighted by molar-refractivity contribution is 5.86. The Labute approximate surface area is 92.3 Å². The molecule has 0 radical (unpaired) electrons. The van der Waals surface area contributed by atoms with Crippen LogP contribution in [0.1, 0.15) is 27.4 Å². The van der Waals surface area contributed by atoms with E-state index in [9.17, 15) is 4.79 Å². The summed E-state index contributed by atoms with van der Waals surface area (Å²) in [5, 5.41) is 12.9. The summed E-state index contributed by atoms with van der Waals surface area (Å²) in [5.74, 6) is -0.447. The summed E-state index contributed by atoms with van der Waals surface area (Å²) in [4.78, 5) is 10.8. The number of rotatable bonds is 3. The fraction of sp³-hybridized carbons (Fsp3) is 0.273. The van der Waals surface area contributed by atoms with Crippen LogP contribution in [0, 0.1) is 13.8 Å². The number of hydrogen-bond acceptors (Lipinski definition) is 3. The molecule has 16 heavy (non-hydrogen) atoms. The van der Waals surface area contributed by atoms with Crippen molar-refractivity contribution in [1.29, 1.82) is 0 Å². The molecule has 0 spiro atoms. The van der Waals surface area contributed by atoms with Crippen LogP contribution in [0.4, 0.5) is 0 Å². The molecule has 84 valence electrons. The summed E-state index contributed by atoms with van der Waals surface area (Å²) >= 11 is 0. The number of aromatic nitrogens is 2. The first kappa shape index (κ1) is 10.5. The molecule has 0 aliphatic rings. The second-order valence-electron chi connectivity index (χ2n) is 3.75. The first-order valence-corrected chi connectivity index (χ1v) is 4.88. The SMILES string of the molecule is Cc1cnn(Cc2cc(C)c(C(=O)O)o2)c1. The normalized spacial score (nSPS) is 10.6. The van der Waals surface area contributed by atoms with E-state index in [0.29, 0.717) is 17.9 Å². The Bertz CT molecular complexity index is 525. The van der Waals surface area contributed by atoms with Crippen molar-refractivity contribution in [2.75, 3.05) is 0 Å². The first-order chi connectivity index (χ1) is 7.56. The van der Waals surface area contributed by atoms with E-state index in [1.807, 2.05) is 13.1 Å². The molecule has 0 atom stereocenters. The van der Waals surface area contributed by atoms with E-state index < -0.39 is 5.97 Å². The smallest absolute Gasteiger partial charge is 0.372 e. The van der Waals surface area contributed by atoms with Crippen LogP contribution in [0.5, 0.6) is 0 Å². The zero-order chi connectivity index (χ0) is 11.7. The molecule has 1 N–H and O–H groups in total. The van der Waals surface area contributed by atoms with E-state index >= 15 is 0 Å². The van der Waals surface area contributed by atoms with Gasteiger partial charge >= 0.3 is 5.97 Å². The third-order valence-corrected chi connectivity index (χ3v) is 2.24. The average Bonchev–Trinajstić information content (AvgIpc) is 2.73. The highest BCUT2D eigenvalue weighted by Crippen LogP contribution is 2.15. The molecule has 0 bridgehead atoms. The minimum Gasteiger partial charge on any atom is -0.475 e. The molecule has 0 aliphatic heterocycles. The van der Waals surface area contributed by atoms with Crippen LogP contribution in [0.15, 0.2) is 22.9 Å². The fourth-order valence-corrected chi connectivity index (χ4v) is 1.55. The second-order valence-corrected chi connectivity index (χ2v) is 3.75. The topological polar surface area (TPSA) is 68.3 Å². The number of carbonyl (C=O) groups is 1. The van der Waals surface area contributed by atoms with E-state index in [-0.39, 0.29) is 5.76 Å². The number of carboxylic acids is 1. The quantitative estimate of drug-likeness (QED) is 0.856. The molecule has 0 saturated heterocycles. The molecular formula is C11H12N2O3. The monoisotopic (exact) mass is 220 g/mol. The predicted molar refractivity (Wildman–Crippen MR) is 56.5 cm³/mol. The third kappa shape index (κ3) is 1.98. The zero-order valence-electron chi connectivity index (χ0n) is 9.10. The van der Waals surface area contributed by atoms with Crippen LogP contribution in [-0.4, -0.2) is 20.9 Å². The van der Waals surface area contributed by atoms with Crippen LogP contribution in [0.25, 0.3) is 0 Å². The average molecular weight is 220 g/mol. The zero-order valence-corrected chi connectivity index (χ0v) is 9.10. The van der Waals surface area contributed by atoms with E-state index in [4.69, 9.17) is 9.52 Å². The van der Waals surface area contributed by atoms with E-state index in [1.165, 1.54) is 0 Å². The molecule has 2 rings (SSSR count). The molecule has 0 aliphatic carbocycles. The van der Waals surface area contributed by atoms with Gasteiger partial charge in [0.2, 0.25) is 5.76 Å². The summed E-state index contributed by atoms with van der Waals surface area (Å²) in [7, 11) is 0. The van der Waals surface area contributed by atoms with Crippen molar-refractivity contribution in [3.8, 4) is 0 Å². The summed E-state index contributed by atoms with van der Waals surface area (Å²) < 4.78 is 6.94. The van der Waals surface area contributed by atoms with Gasteiger partial charge in [0.1, 0.15) is 5.76 Å². The largest absolute Gasteiger partial charge is 0.475 e. The Morgan fingerprint density at radius 3 is 2.81 bits per heavy atom. The Hall–Kier alpha value is -2.04. The summed E-state index contributed by atoms with van der Waals surface area (Å²) in [5.41, 5.74) is 1.69. The number of furan rings is 1. The highest BCUT2D eigenvalue weighted by Gasteiger charge is 2.14. The lowest BCUT2D eigenvalue weighted by Gasteiger charge is -1.96. The van der Waals surface area contributed by atoms with Gasteiger partial charge in [0.15, 0.2) is 0 Å². The molecular weight excluding hydrogens is 208 g/mol. The maximum absolute atomic E-state index is 10.8. The number of carboxylic acid groups (broad SMARTS) is 1. The van der Waals surface area contributed by atoms with Gasteiger partial charge in [-0.1, -0.05) is 0 Å². The molecule has 0 fully saturated rings. The lowest BCUT2D eigenvalue weighted by molar-refractivity contribution is 0.0659. The van der Waals surface area contributed by atoms with Gasteiger partial charge in [0, 0.05) is 11.8 Å². The van der Waals surface area contributed by atoms with Crippen molar-refractivity contribution >= 4 is 5.97 Å². The standard InChI is InChI=1S/C11H12N2O3/c1-7-4-12-13(5-7)6-9-3-8(2)10(16-9)11(14)15/h3-5H,6H2,1-2H3,(H,14,15). The number of aryl methyl sites for hydroxylation is 2. The van der Waals surface area contributed by atoms with Gasteiger partial charge in [0.25, 0.3) is 0 Å². The molecule has 5 nitrogen and oxygen atoms in total. The predicted octanol–water partition coefficient (Wildman–Crippen LogP) is 1.84. The molecule has 0 aromatic carbocycles. The Morgan fingerprint density at radius 2 is 2.31 bits per heavy atom. The van der Waals surface area contributed by atoms with E-state index in [0.717, 1.165) is 5.56 Å². The molecule has 2 aromatic rings. The van der Waals surface area contributed by atoms with Crippen molar-refractivity contribution in [1.82, 2.24) is 9.78 Å². The van der Waals surface area contributed by atoms with E-state index in [2.05, 4.69) is 5.10 Å².